The van der Waals surface area contributed by atoms with Crippen molar-refractivity contribution in [2.75, 3.05) is 0 Å². The van der Waals surface area contributed by atoms with Crippen LogP contribution in [0.3, 0.4) is 0 Å². The molecule has 92 valence electrons. The monoisotopic (exact) mass is 256 g/mol. The number of rotatable bonds is 2. The Labute approximate surface area is 130 Å². The fourth-order valence-electron chi connectivity index (χ4n) is 2.67. The Kier molecular flexibility index (Phi) is 5.70. The van der Waals surface area contributed by atoms with Crippen LogP contribution in [-0.4, -0.2) is 11.1 Å². The quantitative estimate of drug-likeness (QED) is 0.699. The summed E-state index contributed by atoms with van der Waals surface area (Å²) in [4.78, 5) is 11.0. The van der Waals surface area contributed by atoms with Crippen molar-refractivity contribution in [2.45, 2.75) is 44.9 Å². The molecule has 1 aliphatic rings. The third kappa shape index (κ3) is 3.28. The van der Waals surface area contributed by atoms with E-state index in [2.05, 4.69) is 0 Å². The number of hydrogen-bond acceptors (Lipinski definition) is 3. The van der Waals surface area contributed by atoms with Gasteiger partial charge in [0.05, 0.1) is 5.97 Å². The Morgan fingerprint density at radius 3 is 2.44 bits per heavy atom. The number of aryl methyl sites for hydroxylation is 1. The second-order valence-corrected chi connectivity index (χ2v) is 4.85. The first kappa shape index (κ1) is 15.5. The molecule has 0 heterocycles. The summed E-state index contributed by atoms with van der Waals surface area (Å²) in [6.07, 6.45) is 5.60. The van der Waals surface area contributed by atoms with Gasteiger partial charge in [-0.05, 0) is 48.9 Å². The number of carboxylic acid groups (broad SMARTS) is 1. The molecule has 1 N–H and O–H groups in total. The average molecular weight is 256 g/mol. The predicted molar refractivity (Wildman–Crippen MR) is 63.0 cm³/mol. The maximum atomic E-state index is 11.0. The van der Waals surface area contributed by atoms with Crippen LogP contribution in [0.2, 0.25) is 0 Å². The molecular weight excluding hydrogens is 239 g/mol. The smallest absolute Gasteiger partial charge is 0.545 e. The van der Waals surface area contributed by atoms with Gasteiger partial charge in [0, 0.05) is 5.56 Å². The topological polar surface area (TPSA) is 60.4 Å². The number of hydrogen-bond donors (Lipinski definition) is 1. The molecule has 4 heteroatoms. The molecule has 1 saturated carbocycles. The summed E-state index contributed by atoms with van der Waals surface area (Å²) < 4.78 is 0. The van der Waals surface area contributed by atoms with Gasteiger partial charge in [-0.15, -0.1) is 0 Å². The van der Waals surface area contributed by atoms with Crippen molar-refractivity contribution in [3.63, 3.8) is 0 Å². The average Bonchev–Trinajstić information content (AvgIpc) is 2.29. The number of carboxylic acids is 1. The second-order valence-electron chi connectivity index (χ2n) is 4.85. The summed E-state index contributed by atoms with van der Waals surface area (Å²) in [5.74, 6) is -0.651. The molecule has 1 aliphatic carbocycles. The Morgan fingerprint density at radius 1 is 1.28 bits per heavy atom. The fraction of sp³-hybridized carbons (Fsp3) is 0.500. The van der Waals surface area contributed by atoms with Crippen LogP contribution >= 0.6 is 0 Å². The molecule has 0 atom stereocenters. The van der Waals surface area contributed by atoms with Crippen molar-refractivity contribution in [2.24, 2.45) is 0 Å². The van der Waals surface area contributed by atoms with Gasteiger partial charge in [0.25, 0.3) is 0 Å². The van der Waals surface area contributed by atoms with Crippen LogP contribution in [-0.2, 0) is 0 Å². The van der Waals surface area contributed by atoms with Crippen molar-refractivity contribution in [3.8, 4) is 5.75 Å². The van der Waals surface area contributed by atoms with Crippen molar-refractivity contribution in [3.05, 3.63) is 28.8 Å². The molecule has 1 aromatic rings. The number of benzene rings is 1. The third-order valence-electron chi connectivity index (χ3n) is 3.64. The molecule has 2 rings (SSSR count). The molecule has 1 fully saturated rings. The van der Waals surface area contributed by atoms with Crippen molar-refractivity contribution in [1.82, 2.24) is 0 Å². The Hall–Kier alpha value is -0.510. The first-order chi connectivity index (χ1) is 8.09. The number of aromatic carboxylic acids is 1. The molecule has 3 nitrogen and oxygen atoms in total. The van der Waals surface area contributed by atoms with E-state index in [-0.39, 0.29) is 40.9 Å². The van der Waals surface area contributed by atoms with E-state index in [1.54, 1.807) is 13.0 Å². The maximum Gasteiger partial charge on any atom is 1.00 e. The third-order valence-corrected chi connectivity index (χ3v) is 3.64. The molecule has 0 spiro atoms. The summed E-state index contributed by atoms with van der Waals surface area (Å²) in [6, 6.07) is 3.13. The first-order valence-corrected chi connectivity index (χ1v) is 6.14. The SMILES string of the molecule is Cc1cc(O)c(C2CCCCC2)cc1C(=O)[O-].[Na+]. The molecule has 0 aromatic heterocycles. The van der Waals surface area contributed by atoms with Gasteiger partial charge in [-0.25, -0.2) is 0 Å². The van der Waals surface area contributed by atoms with Crippen LogP contribution in [0.15, 0.2) is 12.1 Å². The molecule has 0 amide bonds. The van der Waals surface area contributed by atoms with Crippen molar-refractivity contribution >= 4 is 5.97 Å². The van der Waals surface area contributed by atoms with Crippen LogP contribution in [0.25, 0.3) is 0 Å². The van der Waals surface area contributed by atoms with Crippen LogP contribution in [0.4, 0.5) is 0 Å². The van der Waals surface area contributed by atoms with Gasteiger partial charge in [0.15, 0.2) is 0 Å². The van der Waals surface area contributed by atoms with Gasteiger partial charge in [-0.1, -0.05) is 19.3 Å². The minimum Gasteiger partial charge on any atom is -0.545 e. The fourth-order valence-corrected chi connectivity index (χ4v) is 2.67. The summed E-state index contributed by atoms with van der Waals surface area (Å²) in [7, 11) is 0. The molecule has 0 saturated heterocycles. The van der Waals surface area contributed by atoms with E-state index in [0.717, 1.165) is 31.2 Å². The molecule has 0 radical (unpaired) electrons. The number of carbonyl (C=O) groups excluding carboxylic acids is 1. The Morgan fingerprint density at radius 2 is 1.89 bits per heavy atom. The number of carbonyl (C=O) groups is 1. The minimum absolute atomic E-state index is 0. The zero-order chi connectivity index (χ0) is 12.4. The number of aromatic hydroxyl groups is 1. The van der Waals surface area contributed by atoms with E-state index in [1.165, 1.54) is 12.5 Å². The van der Waals surface area contributed by atoms with E-state index in [9.17, 15) is 15.0 Å². The molecule has 0 unspecified atom stereocenters. The van der Waals surface area contributed by atoms with E-state index in [0.29, 0.717) is 11.5 Å². The van der Waals surface area contributed by atoms with Crippen LogP contribution in [0, 0.1) is 6.92 Å². The van der Waals surface area contributed by atoms with E-state index >= 15 is 0 Å². The molecule has 0 aliphatic heterocycles. The molecule has 1 aromatic carbocycles. The molecular formula is C14H17NaO3. The zero-order valence-electron chi connectivity index (χ0n) is 11.0. The zero-order valence-corrected chi connectivity index (χ0v) is 13.0. The number of phenolic OH excluding ortho intramolecular Hbond substituents is 1. The Bertz CT molecular complexity index is 437. The first-order valence-electron chi connectivity index (χ1n) is 6.14. The molecule has 18 heavy (non-hydrogen) atoms. The summed E-state index contributed by atoms with van der Waals surface area (Å²) in [6.45, 7) is 1.68. The molecule has 0 bridgehead atoms. The standard InChI is InChI=1S/C14H18O3.Na/c1-9-7-13(15)12(8-11(9)14(16)17)10-5-3-2-4-6-10;/h7-8,10,15H,2-6H2,1H3,(H,16,17);/q;+1/p-1. The van der Waals surface area contributed by atoms with E-state index in [1.807, 2.05) is 0 Å². The van der Waals surface area contributed by atoms with Crippen molar-refractivity contribution in [1.29, 1.82) is 0 Å². The largest absolute Gasteiger partial charge is 1.00 e. The normalized spacial score (nSPS) is 16.1. The predicted octanol–water partition coefficient (Wildman–Crippen LogP) is -0.884. The van der Waals surface area contributed by atoms with Gasteiger partial charge in [0.2, 0.25) is 0 Å². The van der Waals surface area contributed by atoms with E-state index in [4.69, 9.17) is 0 Å². The summed E-state index contributed by atoms with van der Waals surface area (Å²) >= 11 is 0. The minimum atomic E-state index is -1.17. The summed E-state index contributed by atoms with van der Waals surface area (Å²) in [5, 5.41) is 20.9. The van der Waals surface area contributed by atoms with Gasteiger partial charge in [0.1, 0.15) is 5.75 Å². The van der Waals surface area contributed by atoms with Crippen LogP contribution < -0.4 is 34.7 Å². The van der Waals surface area contributed by atoms with Crippen LogP contribution in [0.5, 0.6) is 5.75 Å². The Balaban J connectivity index is 0.00000162. The summed E-state index contributed by atoms with van der Waals surface area (Å²) in [5.41, 5.74) is 1.53. The van der Waals surface area contributed by atoms with Gasteiger partial charge < -0.3 is 15.0 Å². The van der Waals surface area contributed by atoms with Crippen LogP contribution in [0.1, 0.15) is 59.5 Å². The van der Waals surface area contributed by atoms with Crippen molar-refractivity contribution < 1.29 is 44.6 Å². The van der Waals surface area contributed by atoms with E-state index < -0.39 is 5.97 Å². The number of phenols is 1. The van der Waals surface area contributed by atoms with Gasteiger partial charge in [-0.3, -0.25) is 0 Å². The van der Waals surface area contributed by atoms with Gasteiger partial charge >= 0.3 is 29.6 Å². The van der Waals surface area contributed by atoms with Gasteiger partial charge in [-0.2, -0.15) is 0 Å². The second kappa shape index (κ2) is 6.60. The maximum absolute atomic E-state index is 11.0.